The Labute approximate surface area is 163 Å². The standard InChI is InChI=1S/C19H16N2O4S2/c1-21-18(23)16-11-3-2-4-15(11)27-17(16)20-19(21)26-8-12(22)10-5-6-13-14(7-10)25-9-24-13/h5-7H,2-4,8-9H2,1H3. The third-order valence-corrected chi connectivity index (χ3v) is 7.15. The van der Waals surface area contributed by atoms with Gasteiger partial charge in [-0.25, -0.2) is 4.98 Å². The number of carbonyl (C=O) groups is 1. The van der Waals surface area contributed by atoms with Crippen molar-refractivity contribution in [1.82, 2.24) is 9.55 Å². The molecule has 1 aromatic carbocycles. The van der Waals surface area contributed by atoms with Gasteiger partial charge in [-0.3, -0.25) is 14.2 Å². The number of rotatable bonds is 4. The lowest BCUT2D eigenvalue weighted by molar-refractivity contribution is 0.102. The van der Waals surface area contributed by atoms with Crippen molar-refractivity contribution < 1.29 is 14.3 Å². The number of aryl methyl sites for hydroxylation is 2. The minimum absolute atomic E-state index is 0.0163. The molecular weight excluding hydrogens is 384 g/mol. The molecule has 0 unspecified atom stereocenters. The summed E-state index contributed by atoms with van der Waals surface area (Å²) in [5, 5.41) is 1.34. The first kappa shape index (κ1) is 16.8. The molecule has 0 fully saturated rings. The van der Waals surface area contributed by atoms with E-state index in [0.29, 0.717) is 22.2 Å². The Balaban J connectivity index is 1.41. The van der Waals surface area contributed by atoms with Crippen LogP contribution in [0.1, 0.15) is 27.2 Å². The number of nitrogens with zero attached hydrogens (tertiary/aromatic N) is 2. The van der Waals surface area contributed by atoms with Crippen molar-refractivity contribution >= 4 is 39.1 Å². The predicted molar refractivity (Wildman–Crippen MR) is 105 cm³/mol. The molecule has 1 aliphatic heterocycles. The topological polar surface area (TPSA) is 70.4 Å². The van der Waals surface area contributed by atoms with Crippen LogP contribution in [0, 0.1) is 0 Å². The van der Waals surface area contributed by atoms with Gasteiger partial charge in [-0.2, -0.15) is 0 Å². The molecule has 0 atom stereocenters. The van der Waals surface area contributed by atoms with Crippen LogP contribution in [-0.2, 0) is 19.9 Å². The molecule has 5 rings (SSSR count). The molecule has 0 radical (unpaired) electrons. The molecule has 0 bridgehead atoms. The SMILES string of the molecule is Cn1c(SCC(=O)c2ccc3c(c2)OCO3)nc2sc3c(c2c1=O)CCC3. The Morgan fingerprint density at radius 3 is 3.04 bits per heavy atom. The first-order valence-electron chi connectivity index (χ1n) is 8.69. The number of hydrogen-bond donors (Lipinski definition) is 0. The Kier molecular flexibility index (Phi) is 3.98. The van der Waals surface area contributed by atoms with Crippen molar-refractivity contribution in [3.05, 3.63) is 44.6 Å². The van der Waals surface area contributed by atoms with E-state index in [-0.39, 0.29) is 23.9 Å². The molecule has 6 nitrogen and oxygen atoms in total. The molecule has 2 aromatic heterocycles. The van der Waals surface area contributed by atoms with Gasteiger partial charge in [-0.1, -0.05) is 11.8 Å². The number of ether oxygens (including phenoxy) is 2. The number of hydrogen-bond acceptors (Lipinski definition) is 7. The highest BCUT2D eigenvalue weighted by molar-refractivity contribution is 7.99. The van der Waals surface area contributed by atoms with E-state index in [0.717, 1.165) is 29.5 Å². The third kappa shape index (κ3) is 2.74. The molecular formula is C19H16N2O4S2. The van der Waals surface area contributed by atoms with Gasteiger partial charge >= 0.3 is 0 Å². The minimum Gasteiger partial charge on any atom is -0.454 e. The van der Waals surface area contributed by atoms with E-state index in [4.69, 9.17) is 9.47 Å². The zero-order chi connectivity index (χ0) is 18.5. The largest absolute Gasteiger partial charge is 0.454 e. The van der Waals surface area contributed by atoms with Gasteiger partial charge in [0.05, 0.1) is 11.1 Å². The molecule has 2 aliphatic rings. The van der Waals surface area contributed by atoms with Gasteiger partial charge in [-0.05, 0) is 43.0 Å². The van der Waals surface area contributed by atoms with Gasteiger partial charge in [0, 0.05) is 17.5 Å². The van der Waals surface area contributed by atoms with E-state index in [9.17, 15) is 9.59 Å². The van der Waals surface area contributed by atoms with E-state index in [2.05, 4.69) is 4.98 Å². The van der Waals surface area contributed by atoms with E-state index in [1.54, 1.807) is 41.2 Å². The zero-order valence-corrected chi connectivity index (χ0v) is 16.2. The zero-order valence-electron chi connectivity index (χ0n) is 14.6. The van der Waals surface area contributed by atoms with Gasteiger partial charge in [-0.15, -0.1) is 11.3 Å². The summed E-state index contributed by atoms with van der Waals surface area (Å²) in [5.41, 5.74) is 1.72. The van der Waals surface area contributed by atoms with Crippen LogP contribution in [0.15, 0.2) is 28.2 Å². The summed E-state index contributed by atoms with van der Waals surface area (Å²) in [6, 6.07) is 5.17. The number of carbonyl (C=O) groups excluding carboxylic acids is 1. The van der Waals surface area contributed by atoms with Gasteiger partial charge < -0.3 is 9.47 Å². The highest BCUT2D eigenvalue weighted by Gasteiger charge is 2.23. The van der Waals surface area contributed by atoms with Crippen molar-refractivity contribution in [2.75, 3.05) is 12.5 Å². The average molecular weight is 400 g/mol. The van der Waals surface area contributed by atoms with Crippen molar-refractivity contribution in [3.8, 4) is 11.5 Å². The maximum absolute atomic E-state index is 12.8. The van der Waals surface area contributed by atoms with Crippen LogP contribution in [0.2, 0.25) is 0 Å². The molecule has 138 valence electrons. The summed E-state index contributed by atoms with van der Waals surface area (Å²) in [6.07, 6.45) is 3.10. The monoisotopic (exact) mass is 400 g/mol. The van der Waals surface area contributed by atoms with Crippen LogP contribution in [0.4, 0.5) is 0 Å². The third-order valence-electron chi connectivity index (χ3n) is 4.93. The first-order valence-corrected chi connectivity index (χ1v) is 10.5. The average Bonchev–Trinajstić information content (AvgIpc) is 3.37. The van der Waals surface area contributed by atoms with Crippen molar-refractivity contribution in [2.24, 2.45) is 7.05 Å². The molecule has 0 saturated carbocycles. The molecule has 0 N–H and O–H groups in total. The van der Waals surface area contributed by atoms with E-state index < -0.39 is 0 Å². The smallest absolute Gasteiger partial charge is 0.262 e. The van der Waals surface area contributed by atoms with Crippen LogP contribution in [0.25, 0.3) is 10.2 Å². The van der Waals surface area contributed by atoms with Crippen LogP contribution in [0.3, 0.4) is 0 Å². The quantitative estimate of drug-likeness (QED) is 0.381. The second-order valence-corrected chi connectivity index (χ2v) is 8.60. The summed E-state index contributed by atoms with van der Waals surface area (Å²) in [5.74, 6) is 1.41. The lowest BCUT2D eigenvalue weighted by Crippen LogP contribution is -2.20. The molecule has 0 amide bonds. The summed E-state index contributed by atoms with van der Waals surface area (Å²) < 4.78 is 12.2. The van der Waals surface area contributed by atoms with Crippen LogP contribution >= 0.6 is 23.1 Å². The predicted octanol–water partition coefficient (Wildman–Crippen LogP) is 3.19. The van der Waals surface area contributed by atoms with Gasteiger partial charge in [0.15, 0.2) is 22.4 Å². The number of thioether (sulfide) groups is 1. The summed E-state index contributed by atoms with van der Waals surface area (Å²) in [4.78, 5) is 32.1. The molecule has 3 aromatic rings. The second-order valence-electron chi connectivity index (χ2n) is 6.58. The van der Waals surface area contributed by atoms with Crippen molar-refractivity contribution in [3.63, 3.8) is 0 Å². The van der Waals surface area contributed by atoms with E-state index >= 15 is 0 Å². The summed E-state index contributed by atoms with van der Waals surface area (Å²) in [7, 11) is 1.72. The fraction of sp³-hybridized carbons (Fsp3) is 0.316. The fourth-order valence-electron chi connectivity index (χ4n) is 3.52. The molecule has 0 spiro atoms. The number of ketones is 1. The number of thiophene rings is 1. The van der Waals surface area contributed by atoms with Crippen LogP contribution in [-0.4, -0.2) is 27.9 Å². The second kappa shape index (κ2) is 6.38. The van der Waals surface area contributed by atoms with Gasteiger partial charge in [0.2, 0.25) is 6.79 Å². The number of benzene rings is 1. The summed E-state index contributed by atoms with van der Waals surface area (Å²) >= 11 is 2.90. The molecule has 1 aliphatic carbocycles. The Hall–Kier alpha value is -2.32. The number of Topliss-reactive ketones (excluding diaryl/α,β-unsaturated/α-hetero) is 1. The highest BCUT2D eigenvalue weighted by atomic mass is 32.2. The van der Waals surface area contributed by atoms with Crippen molar-refractivity contribution in [2.45, 2.75) is 24.4 Å². The van der Waals surface area contributed by atoms with E-state index in [1.807, 2.05) is 0 Å². The molecule has 0 saturated heterocycles. The first-order chi connectivity index (χ1) is 13.1. The Morgan fingerprint density at radius 2 is 2.15 bits per heavy atom. The maximum Gasteiger partial charge on any atom is 0.262 e. The van der Waals surface area contributed by atoms with Gasteiger partial charge in [0.25, 0.3) is 5.56 Å². The molecule has 3 heterocycles. The Bertz CT molecular complexity index is 1150. The highest BCUT2D eigenvalue weighted by Crippen LogP contribution is 2.36. The van der Waals surface area contributed by atoms with Crippen LogP contribution < -0.4 is 15.0 Å². The number of fused-ring (bicyclic) bond motifs is 4. The maximum atomic E-state index is 12.8. The lowest BCUT2D eigenvalue weighted by atomic mass is 10.1. The fourth-order valence-corrected chi connectivity index (χ4v) is 5.69. The number of aromatic nitrogens is 2. The van der Waals surface area contributed by atoms with Crippen LogP contribution in [0.5, 0.6) is 11.5 Å². The summed E-state index contributed by atoms with van der Waals surface area (Å²) in [6.45, 7) is 0.179. The molecule has 8 heteroatoms. The lowest BCUT2D eigenvalue weighted by Gasteiger charge is -2.07. The van der Waals surface area contributed by atoms with E-state index in [1.165, 1.54) is 22.2 Å². The van der Waals surface area contributed by atoms with Gasteiger partial charge in [0.1, 0.15) is 4.83 Å². The van der Waals surface area contributed by atoms with Crippen molar-refractivity contribution in [1.29, 1.82) is 0 Å². The molecule has 27 heavy (non-hydrogen) atoms. The minimum atomic E-state index is -0.0404. The Morgan fingerprint density at radius 1 is 1.30 bits per heavy atom. The normalized spacial score (nSPS) is 14.7.